The second-order valence-electron chi connectivity index (χ2n) is 5.57. The van der Waals surface area contributed by atoms with Crippen LogP contribution < -0.4 is 4.90 Å². The Hall–Kier alpha value is -1.99. The normalized spacial score (nSPS) is 15.8. The lowest BCUT2D eigenvalue weighted by molar-refractivity contribution is 0.0701. The quantitative estimate of drug-likeness (QED) is 0.931. The molecule has 0 radical (unpaired) electrons. The number of aromatic nitrogens is 1. The maximum atomic E-state index is 13.0. The number of aryl methyl sites for hydroxylation is 1. The molecule has 0 bridgehead atoms. The molecular formula is C16H18FN3O2S. The fourth-order valence-corrected chi connectivity index (χ4v) is 3.67. The average molecular weight is 335 g/mol. The molecule has 1 aliphatic rings. The Morgan fingerprint density at radius 3 is 2.48 bits per heavy atom. The molecule has 5 nitrogen and oxygen atoms in total. The number of hydrogen-bond acceptors (Lipinski definition) is 5. The van der Waals surface area contributed by atoms with E-state index in [-0.39, 0.29) is 5.82 Å². The van der Waals surface area contributed by atoms with E-state index >= 15 is 0 Å². The molecule has 7 heteroatoms. The highest BCUT2D eigenvalue weighted by atomic mass is 32.1. The van der Waals surface area contributed by atoms with Crippen molar-refractivity contribution in [2.75, 3.05) is 31.1 Å². The summed E-state index contributed by atoms with van der Waals surface area (Å²) in [4.78, 5) is 20.2. The molecule has 1 N–H and O–H groups in total. The number of nitrogens with zero attached hydrogens (tertiary/aromatic N) is 3. The first-order valence-electron chi connectivity index (χ1n) is 7.45. The van der Waals surface area contributed by atoms with E-state index in [1.54, 1.807) is 19.1 Å². The van der Waals surface area contributed by atoms with Gasteiger partial charge in [-0.05, 0) is 31.2 Å². The second kappa shape index (κ2) is 6.64. The van der Waals surface area contributed by atoms with Gasteiger partial charge in [-0.3, -0.25) is 4.90 Å². The number of benzene rings is 1. The van der Waals surface area contributed by atoms with E-state index in [1.807, 2.05) is 0 Å². The largest absolute Gasteiger partial charge is 0.477 e. The van der Waals surface area contributed by atoms with Crippen molar-refractivity contribution in [1.82, 2.24) is 9.88 Å². The van der Waals surface area contributed by atoms with Gasteiger partial charge in [0.15, 0.2) is 0 Å². The van der Waals surface area contributed by atoms with Crippen LogP contribution in [0.3, 0.4) is 0 Å². The van der Waals surface area contributed by atoms with Crippen LogP contribution in [0.5, 0.6) is 0 Å². The lowest BCUT2D eigenvalue weighted by Crippen LogP contribution is -2.45. The summed E-state index contributed by atoms with van der Waals surface area (Å²) in [7, 11) is 0. The Kier molecular flexibility index (Phi) is 4.58. The number of piperazine rings is 1. The van der Waals surface area contributed by atoms with Gasteiger partial charge in [0.1, 0.15) is 15.7 Å². The third kappa shape index (κ3) is 3.68. The smallest absolute Gasteiger partial charge is 0.347 e. The van der Waals surface area contributed by atoms with Crippen LogP contribution in [0.2, 0.25) is 0 Å². The average Bonchev–Trinajstić information content (AvgIpc) is 2.90. The predicted octanol–water partition coefficient (Wildman–Crippen LogP) is 2.61. The van der Waals surface area contributed by atoms with E-state index in [4.69, 9.17) is 5.11 Å². The van der Waals surface area contributed by atoms with Crippen LogP contribution in [-0.4, -0.2) is 47.1 Å². The number of anilines is 1. The zero-order chi connectivity index (χ0) is 16.4. The van der Waals surface area contributed by atoms with Crippen LogP contribution in [0.4, 0.5) is 10.1 Å². The highest BCUT2D eigenvalue weighted by molar-refractivity contribution is 7.13. The number of carboxylic acids is 1. The van der Waals surface area contributed by atoms with Gasteiger partial charge < -0.3 is 10.0 Å². The molecule has 1 fully saturated rings. The van der Waals surface area contributed by atoms with Crippen LogP contribution in [0.15, 0.2) is 24.3 Å². The van der Waals surface area contributed by atoms with Crippen molar-refractivity contribution < 1.29 is 14.3 Å². The molecule has 0 saturated carbocycles. The number of thiazole rings is 1. The maximum Gasteiger partial charge on any atom is 0.347 e. The fraction of sp³-hybridized carbons (Fsp3) is 0.375. The summed E-state index contributed by atoms with van der Waals surface area (Å²) >= 11 is 1.25. The summed E-state index contributed by atoms with van der Waals surface area (Å²) in [5.74, 6) is -1.13. The van der Waals surface area contributed by atoms with Crippen LogP contribution in [0.25, 0.3) is 0 Å². The van der Waals surface area contributed by atoms with E-state index in [0.717, 1.165) is 36.9 Å². The van der Waals surface area contributed by atoms with Gasteiger partial charge in [0.2, 0.25) is 0 Å². The number of carboxylic acid groups (broad SMARTS) is 1. The number of hydrogen-bond donors (Lipinski definition) is 1. The minimum absolute atomic E-state index is 0.222. The third-order valence-corrected chi connectivity index (χ3v) is 5.09. The summed E-state index contributed by atoms with van der Waals surface area (Å²) in [5, 5.41) is 9.93. The molecule has 122 valence electrons. The Morgan fingerprint density at radius 2 is 1.91 bits per heavy atom. The summed E-state index contributed by atoms with van der Waals surface area (Å²) in [6.07, 6.45) is 0. The number of carbonyl (C=O) groups is 1. The Balaban J connectivity index is 1.58. The van der Waals surface area contributed by atoms with E-state index in [0.29, 0.717) is 17.1 Å². The SMILES string of the molecule is Cc1nc(CN2CCN(c3ccc(F)cc3)CC2)sc1C(=O)O. The molecule has 1 saturated heterocycles. The number of halogens is 1. The molecule has 2 heterocycles. The molecule has 1 aromatic carbocycles. The monoisotopic (exact) mass is 335 g/mol. The molecule has 1 aromatic heterocycles. The Morgan fingerprint density at radius 1 is 1.26 bits per heavy atom. The first kappa shape index (κ1) is 15.9. The zero-order valence-corrected chi connectivity index (χ0v) is 13.6. The Labute approximate surface area is 138 Å². The molecule has 3 rings (SSSR count). The van der Waals surface area contributed by atoms with E-state index in [1.165, 1.54) is 23.5 Å². The molecule has 0 spiro atoms. The summed E-state index contributed by atoms with van der Waals surface area (Å²) in [6.45, 7) is 5.88. The van der Waals surface area contributed by atoms with Crippen molar-refractivity contribution in [1.29, 1.82) is 0 Å². The van der Waals surface area contributed by atoms with Gasteiger partial charge in [-0.1, -0.05) is 0 Å². The molecule has 0 aliphatic carbocycles. The van der Waals surface area contributed by atoms with Crippen LogP contribution in [-0.2, 0) is 6.54 Å². The van der Waals surface area contributed by atoms with Gasteiger partial charge >= 0.3 is 5.97 Å². The standard InChI is InChI=1S/C16H18FN3O2S/c1-11-15(16(21)22)23-14(18-11)10-19-6-8-20(9-7-19)13-4-2-12(17)3-5-13/h2-5H,6-10H2,1H3,(H,21,22). The highest BCUT2D eigenvalue weighted by Crippen LogP contribution is 2.21. The van der Waals surface area contributed by atoms with Gasteiger partial charge in [-0.15, -0.1) is 11.3 Å². The van der Waals surface area contributed by atoms with Gasteiger partial charge in [0, 0.05) is 31.9 Å². The second-order valence-corrected chi connectivity index (χ2v) is 6.65. The van der Waals surface area contributed by atoms with E-state index in [9.17, 15) is 9.18 Å². The van der Waals surface area contributed by atoms with Crippen molar-refractivity contribution in [3.63, 3.8) is 0 Å². The lowest BCUT2D eigenvalue weighted by atomic mass is 10.2. The highest BCUT2D eigenvalue weighted by Gasteiger charge is 2.20. The zero-order valence-electron chi connectivity index (χ0n) is 12.8. The molecule has 0 atom stereocenters. The van der Waals surface area contributed by atoms with Crippen LogP contribution in [0.1, 0.15) is 20.4 Å². The number of aromatic carboxylic acids is 1. The minimum Gasteiger partial charge on any atom is -0.477 e. The van der Waals surface area contributed by atoms with E-state index in [2.05, 4.69) is 14.8 Å². The lowest BCUT2D eigenvalue weighted by Gasteiger charge is -2.35. The van der Waals surface area contributed by atoms with Gasteiger partial charge in [0.05, 0.1) is 12.2 Å². The van der Waals surface area contributed by atoms with Crippen molar-refractivity contribution in [2.24, 2.45) is 0 Å². The fourth-order valence-electron chi connectivity index (χ4n) is 2.73. The maximum absolute atomic E-state index is 13.0. The molecule has 23 heavy (non-hydrogen) atoms. The summed E-state index contributed by atoms with van der Waals surface area (Å²) in [5.41, 5.74) is 1.62. The van der Waals surface area contributed by atoms with E-state index < -0.39 is 5.97 Å². The van der Waals surface area contributed by atoms with Crippen molar-refractivity contribution in [3.8, 4) is 0 Å². The van der Waals surface area contributed by atoms with Crippen LogP contribution >= 0.6 is 11.3 Å². The Bertz CT molecular complexity index is 694. The third-order valence-electron chi connectivity index (χ3n) is 3.96. The molecule has 1 aliphatic heterocycles. The first-order valence-corrected chi connectivity index (χ1v) is 8.27. The number of rotatable bonds is 4. The van der Waals surface area contributed by atoms with Crippen molar-refractivity contribution >= 4 is 23.0 Å². The molecule has 2 aromatic rings. The van der Waals surface area contributed by atoms with Crippen molar-refractivity contribution in [2.45, 2.75) is 13.5 Å². The molecular weight excluding hydrogens is 317 g/mol. The van der Waals surface area contributed by atoms with Gasteiger partial charge in [-0.25, -0.2) is 14.2 Å². The van der Waals surface area contributed by atoms with Gasteiger partial charge in [0.25, 0.3) is 0 Å². The first-order chi connectivity index (χ1) is 11.0. The predicted molar refractivity (Wildman–Crippen MR) is 87.7 cm³/mol. The summed E-state index contributed by atoms with van der Waals surface area (Å²) in [6, 6.07) is 6.56. The minimum atomic E-state index is -0.910. The molecule has 0 unspecified atom stereocenters. The summed E-state index contributed by atoms with van der Waals surface area (Å²) < 4.78 is 13.0. The topological polar surface area (TPSA) is 56.7 Å². The van der Waals surface area contributed by atoms with Gasteiger partial charge in [-0.2, -0.15) is 0 Å². The van der Waals surface area contributed by atoms with Crippen molar-refractivity contribution in [3.05, 3.63) is 45.7 Å². The molecule has 0 amide bonds. The van der Waals surface area contributed by atoms with Crippen LogP contribution in [0, 0.1) is 12.7 Å².